The Morgan fingerprint density at radius 2 is 2.00 bits per heavy atom. The predicted molar refractivity (Wildman–Crippen MR) is 80.3 cm³/mol. The normalized spacial score (nSPS) is 13.6. The number of sulfonamides is 1. The Hall–Kier alpha value is -1.58. The molecule has 0 aliphatic heterocycles. The molecule has 0 spiro atoms. The van der Waals surface area contributed by atoms with Gasteiger partial charge in [-0.3, -0.25) is 10.1 Å². The minimum absolute atomic E-state index is 0.0488. The summed E-state index contributed by atoms with van der Waals surface area (Å²) in [5.41, 5.74) is 5.07. The zero-order chi connectivity index (χ0) is 17.1. The Bertz CT molecular complexity index is 649. The Labute approximate surface area is 129 Å². The fourth-order valence-electron chi connectivity index (χ4n) is 1.84. The predicted octanol–water partition coefficient (Wildman–Crippen LogP) is 1.73. The van der Waals surface area contributed by atoms with Crippen LogP contribution in [0.5, 0.6) is 0 Å². The largest absolute Gasteiger partial charge is 0.327 e. The van der Waals surface area contributed by atoms with E-state index in [1.807, 2.05) is 13.8 Å². The molecule has 1 aromatic rings. The number of nitro benzene ring substituents is 1. The molecule has 22 heavy (non-hydrogen) atoms. The van der Waals surface area contributed by atoms with Gasteiger partial charge in [0, 0.05) is 25.7 Å². The van der Waals surface area contributed by atoms with Gasteiger partial charge in [0.25, 0.3) is 15.7 Å². The molecule has 124 valence electrons. The first-order valence-corrected chi connectivity index (χ1v) is 8.17. The van der Waals surface area contributed by atoms with Gasteiger partial charge in [-0.1, -0.05) is 19.9 Å². The van der Waals surface area contributed by atoms with Crippen LogP contribution in [-0.4, -0.2) is 37.3 Å². The van der Waals surface area contributed by atoms with E-state index in [1.165, 1.54) is 7.05 Å². The van der Waals surface area contributed by atoms with Gasteiger partial charge in [0.1, 0.15) is 5.82 Å². The Morgan fingerprint density at radius 1 is 1.41 bits per heavy atom. The molecule has 0 fully saturated rings. The monoisotopic (exact) mass is 333 g/mol. The van der Waals surface area contributed by atoms with Crippen LogP contribution in [0.3, 0.4) is 0 Å². The number of hydrogen-bond acceptors (Lipinski definition) is 5. The molecule has 0 amide bonds. The number of rotatable bonds is 7. The minimum atomic E-state index is -4.31. The van der Waals surface area contributed by atoms with Crippen molar-refractivity contribution in [2.24, 2.45) is 11.7 Å². The number of nitrogens with two attached hydrogens (primary N) is 1. The maximum Gasteiger partial charge on any atom is 0.292 e. The molecule has 0 aliphatic carbocycles. The van der Waals surface area contributed by atoms with E-state index in [0.717, 1.165) is 22.5 Å². The summed E-state index contributed by atoms with van der Waals surface area (Å²) < 4.78 is 39.6. The Morgan fingerprint density at radius 3 is 2.50 bits per heavy atom. The van der Waals surface area contributed by atoms with Crippen LogP contribution in [0.25, 0.3) is 0 Å². The molecular weight excluding hydrogens is 313 g/mol. The van der Waals surface area contributed by atoms with Crippen LogP contribution in [0.4, 0.5) is 10.1 Å². The highest BCUT2D eigenvalue weighted by atomic mass is 32.2. The van der Waals surface area contributed by atoms with Gasteiger partial charge in [0.15, 0.2) is 4.90 Å². The molecule has 0 radical (unpaired) electrons. The molecule has 1 aromatic carbocycles. The first-order chi connectivity index (χ1) is 10.1. The average molecular weight is 333 g/mol. The van der Waals surface area contributed by atoms with Gasteiger partial charge in [-0.05, 0) is 18.4 Å². The second kappa shape index (κ2) is 7.12. The number of halogens is 1. The zero-order valence-corrected chi connectivity index (χ0v) is 13.5. The fourth-order valence-corrected chi connectivity index (χ4v) is 3.22. The second-order valence-electron chi connectivity index (χ2n) is 5.37. The number of nitro groups is 1. The first kappa shape index (κ1) is 18.5. The minimum Gasteiger partial charge on any atom is -0.327 e. The van der Waals surface area contributed by atoms with Crippen molar-refractivity contribution in [1.82, 2.24) is 4.31 Å². The van der Waals surface area contributed by atoms with E-state index in [4.69, 9.17) is 5.73 Å². The Kier molecular flexibility index (Phi) is 5.98. The average Bonchev–Trinajstić information content (AvgIpc) is 2.43. The van der Waals surface area contributed by atoms with Crippen molar-refractivity contribution in [1.29, 1.82) is 0 Å². The van der Waals surface area contributed by atoms with Gasteiger partial charge in [0.2, 0.25) is 0 Å². The lowest BCUT2D eigenvalue weighted by atomic mass is 10.0. The van der Waals surface area contributed by atoms with E-state index in [0.29, 0.717) is 6.42 Å². The summed E-state index contributed by atoms with van der Waals surface area (Å²) in [7, 11) is -3.06. The van der Waals surface area contributed by atoms with E-state index < -0.39 is 31.3 Å². The van der Waals surface area contributed by atoms with Gasteiger partial charge < -0.3 is 5.73 Å². The van der Waals surface area contributed by atoms with E-state index in [2.05, 4.69) is 0 Å². The number of hydrogen-bond donors (Lipinski definition) is 1. The summed E-state index contributed by atoms with van der Waals surface area (Å²) in [6.07, 6.45) is 0.371. The smallest absolute Gasteiger partial charge is 0.292 e. The Balaban J connectivity index is 3.12. The van der Waals surface area contributed by atoms with Crippen molar-refractivity contribution in [2.45, 2.75) is 31.2 Å². The van der Waals surface area contributed by atoms with E-state index in [-0.39, 0.29) is 18.5 Å². The lowest BCUT2D eigenvalue weighted by Gasteiger charge is -2.21. The van der Waals surface area contributed by atoms with E-state index in [1.54, 1.807) is 0 Å². The van der Waals surface area contributed by atoms with Crippen molar-refractivity contribution in [3.05, 3.63) is 34.1 Å². The molecule has 0 heterocycles. The summed E-state index contributed by atoms with van der Waals surface area (Å²) in [6.45, 7) is 3.86. The van der Waals surface area contributed by atoms with Crippen LogP contribution >= 0.6 is 0 Å². The fraction of sp³-hybridized carbons (Fsp3) is 0.538. The summed E-state index contributed by atoms with van der Waals surface area (Å²) in [5.74, 6) is -0.979. The summed E-state index contributed by atoms with van der Waals surface area (Å²) in [5, 5.41) is 10.9. The van der Waals surface area contributed by atoms with Gasteiger partial charge in [-0.2, -0.15) is 0 Å². The molecule has 1 unspecified atom stereocenters. The van der Waals surface area contributed by atoms with Crippen molar-refractivity contribution in [2.75, 3.05) is 13.6 Å². The van der Waals surface area contributed by atoms with Crippen molar-refractivity contribution < 1.29 is 17.7 Å². The number of nitrogens with zero attached hydrogens (tertiary/aromatic N) is 2. The quantitative estimate of drug-likeness (QED) is 0.604. The third kappa shape index (κ3) is 3.99. The topological polar surface area (TPSA) is 107 Å². The van der Waals surface area contributed by atoms with E-state index in [9.17, 15) is 22.9 Å². The maximum absolute atomic E-state index is 13.9. The highest BCUT2D eigenvalue weighted by molar-refractivity contribution is 7.89. The summed E-state index contributed by atoms with van der Waals surface area (Å²) in [4.78, 5) is 9.11. The molecule has 0 saturated carbocycles. The molecule has 0 saturated heterocycles. The second-order valence-corrected chi connectivity index (χ2v) is 7.35. The van der Waals surface area contributed by atoms with Crippen LogP contribution in [0, 0.1) is 21.8 Å². The van der Waals surface area contributed by atoms with Gasteiger partial charge >= 0.3 is 0 Å². The molecule has 0 aromatic heterocycles. The lowest BCUT2D eigenvalue weighted by Crippen LogP contribution is -2.35. The lowest BCUT2D eigenvalue weighted by molar-refractivity contribution is -0.388. The third-order valence-corrected chi connectivity index (χ3v) is 5.37. The standard InChI is InChI=1S/C13H20FN3O4S/c1-9(2)11(15)7-8-16(3)22(20,21)13-10(14)5-4-6-12(13)17(18)19/h4-6,9,11H,7-8,15H2,1-3H3. The van der Waals surface area contributed by atoms with Crippen LogP contribution in [0.2, 0.25) is 0 Å². The van der Waals surface area contributed by atoms with Gasteiger partial charge in [-0.15, -0.1) is 0 Å². The molecule has 7 nitrogen and oxygen atoms in total. The van der Waals surface area contributed by atoms with Gasteiger partial charge in [-0.25, -0.2) is 17.1 Å². The maximum atomic E-state index is 13.9. The molecule has 1 rings (SSSR count). The van der Waals surface area contributed by atoms with Crippen LogP contribution in [-0.2, 0) is 10.0 Å². The highest BCUT2D eigenvalue weighted by Gasteiger charge is 2.33. The molecule has 2 N–H and O–H groups in total. The molecule has 9 heteroatoms. The van der Waals surface area contributed by atoms with Crippen molar-refractivity contribution in [3.8, 4) is 0 Å². The van der Waals surface area contributed by atoms with Crippen LogP contribution in [0.1, 0.15) is 20.3 Å². The zero-order valence-electron chi connectivity index (χ0n) is 12.7. The van der Waals surface area contributed by atoms with Gasteiger partial charge in [0.05, 0.1) is 4.92 Å². The number of benzene rings is 1. The first-order valence-electron chi connectivity index (χ1n) is 6.73. The SMILES string of the molecule is CC(C)C(N)CCN(C)S(=O)(=O)c1c(F)cccc1[N+](=O)[O-]. The highest BCUT2D eigenvalue weighted by Crippen LogP contribution is 2.28. The third-order valence-electron chi connectivity index (χ3n) is 3.44. The van der Waals surface area contributed by atoms with Crippen LogP contribution < -0.4 is 5.73 Å². The molecule has 1 atom stereocenters. The van der Waals surface area contributed by atoms with Crippen LogP contribution in [0.15, 0.2) is 23.1 Å². The van der Waals surface area contributed by atoms with E-state index >= 15 is 0 Å². The van der Waals surface area contributed by atoms with Crippen molar-refractivity contribution in [3.63, 3.8) is 0 Å². The van der Waals surface area contributed by atoms with Crippen molar-refractivity contribution >= 4 is 15.7 Å². The summed E-state index contributed by atoms with van der Waals surface area (Å²) in [6, 6.07) is 2.73. The molecule has 0 aliphatic rings. The summed E-state index contributed by atoms with van der Waals surface area (Å²) >= 11 is 0. The molecule has 0 bridgehead atoms. The molecular formula is C13H20FN3O4S.